The van der Waals surface area contributed by atoms with Gasteiger partial charge in [-0.05, 0) is 45.3 Å². The highest BCUT2D eigenvalue weighted by Gasteiger charge is 2.08. The van der Waals surface area contributed by atoms with Crippen LogP contribution in [0.4, 0.5) is 0 Å². The maximum Gasteiger partial charge on any atom is 0.150 e. The van der Waals surface area contributed by atoms with Crippen molar-refractivity contribution in [1.82, 2.24) is 0 Å². The van der Waals surface area contributed by atoms with E-state index in [9.17, 15) is 4.79 Å². The monoisotopic (exact) mass is 626 g/mol. The average Bonchev–Trinajstić information content (AvgIpc) is 2.69. The van der Waals surface area contributed by atoms with Crippen molar-refractivity contribution in [2.45, 2.75) is 11.2 Å². The Morgan fingerprint density at radius 1 is 0.643 bits per heavy atom. The van der Waals surface area contributed by atoms with Crippen LogP contribution in [-0.2, 0) is 0 Å². The summed E-state index contributed by atoms with van der Waals surface area (Å²) >= 11 is 14.1. The molecule has 28 heavy (non-hydrogen) atoms. The van der Waals surface area contributed by atoms with Gasteiger partial charge in [0, 0.05) is 14.5 Å². The first-order valence-electron chi connectivity index (χ1n) is 8.10. The molecule has 0 aromatic heterocycles. The van der Waals surface area contributed by atoms with Gasteiger partial charge >= 0.3 is 0 Å². The van der Waals surface area contributed by atoms with E-state index in [4.69, 9.17) is 0 Å². The number of fused-ring (bicyclic) bond motifs is 2. The molecular weight excluding hydrogens is 612 g/mol. The highest BCUT2D eigenvalue weighted by atomic mass is 79.9. The molecule has 0 aliphatic rings. The second-order valence-corrected chi connectivity index (χ2v) is 10.6. The second-order valence-electron chi connectivity index (χ2n) is 5.78. The molecule has 0 unspecified atom stereocenters. The highest BCUT2D eigenvalue weighted by molar-refractivity contribution is 9.24. The lowest BCUT2D eigenvalue weighted by Gasteiger charge is -2.08. The van der Waals surface area contributed by atoms with Crippen LogP contribution in [0.15, 0.2) is 81.7 Å². The van der Waals surface area contributed by atoms with E-state index in [0.29, 0.717) is 0 Å². The van der Waals surface area contributed by atoms with Gasteiger partial charge in [0.05, 0.1) is 3.74 Å². The molecule has 144 valence electrons. The average molecular weight is 630 g/mol. The van der Waals surface area contributed by atoms with E-state index in [1.807, 2.05) is 42.5 Å². The minimum atomic E-state index is 0. The van der Waals surface area contributed by atoms with Crippen LogP contribution in [-0.4, -0.2) is 6.29 Å². The third-order valence-electron chi connectivity index (χ3n) is 4.17. The lowest BCUT2D eigenvalue weighted by molar-refractivity contribution is 0.112. The quantitative estimate of drug-likeness (QED) is 0.159. The van der Waals surface area contributed by atoms with Crippen LogP contribution in [0.2, 0.25) is 0 Å². The molecule has 0 amide bonds. The van der Waals surface area contributed by atoms with E-state index >= 15 is 0 Å². The smallest absolute Gasteiger partial charge is 0.150 e. The number of alkyl halides is 2. The van der Waals surface area contributed by atoms with Gasteiger partial charge in [0.1, 0.15) is 0 Å². The standard InChI is InChI=1S/C11H7Br3.C11H7BrO.CH4/c12-10-6-5-9(11(13)14)7-3-1-2-4-8(7)10;12-11-6-5-8(7-13)9-3-1-2-4-10(9)11;/h1-6,11H;1-7H;1H4. The SMILES string of the molecule is Brc1ccc(C(Br)Br)c2ccccc12.C.O=Cc1ccc(Br)c2ccccc12. The van der Waals surface area contributed by atoms with Crippen LogP contribution < -0.4 is 0 Å². The van der Waals surface area contributed by atoms with Crippen LogP contribution in [0.1, 0.15) is 27.1 Å². The fourth-order valence-corrected chi connectivity index (χ4v) is 4.62. The van der Waals surface area contributed by atoms with Crippen molar-refractivity contribution in [3.63, 3.8) is 0 Å². The molecule has 0 bridgehead atoms. The number of hydrogen-bond acceptors (Lipinski definition) is 1. The Bertz CT molecular complexity index is 1110. The molecule has 0 saturated heterocycles. The number of rotatable bonds is 2. The molecular formula is C23H18Br4O. The summed E-state index contributed by atoms with van der Waals surface area (Å²) in [5.41, 5.74) is 1.99. The summed E-state index contributed by atoms with van der Waals surface area (Å²) in [5.74, 6) is 0. The molecule has 0 fully saturated rings. The van der Waals surface area contributed by atoms with Crippen molar-refractivity contribution in [1.29, 1.82) is 0 Å². The topological polar surface area (TPSA) is 17.1 Å². The summed E-state index contributed by atoms with van der Waals surface area (Å²) < 4.78 is 2.36. The first-order valence-corrected chi connectivity index (χ1v) is 11.5. The number of halogens is 4. The van der Waals surface area contributed by atoms with Gasteiger partial charge in [-0.2, -0.15) is 0 Å². The van der Waals surface area contributed by atoms with Crippen LogP contribution in [0.5, 0.6) is 0 Å². The molecule has 0 heterocycles. The summed E-state index contributed by atoms with van der Waals surface area (Å²) in [6.07, 6.45) is 0.884. The fraction of sp³-hybridized carbons (Fsp3) is 0.0870. The largest absolute Gasteiger partial charge is 0.298 e. The number of carbonyl (C=O) groups is 1. The van der Waals surface area contributed by atoms with E-state index in [1.165, 1.54) is 16.3 Å². The zero-order valence-electron chi connectivity index (χ0n) is 14.0. The minimum Gasteiger partial charge on any atom is -0.298 e. The van der Waals surface area contributed by atoms with Crippen LogP contribution in [0.3, 0.4) is 0 Å². The third kappa shape index (κ3) is 5.12. The summed E-state index contributed by atoms with van der Waals surface area (Å²) in [7, 11) is 0. The summed E-state index contributed by atoms with van der Waals surface area (Å²) in [6.45, 7) is 0. The predicted molar refractivity (Wildman–Crippen MR) is 136 cm³/mol. The van der Waals surface area contributed by atoms with Gasteiger partial charge in [-0.15, -0.1) is 0 Å². The van der Waals surface area contributed by atoms with Gasteiger partial charge < -0.3 is 0 Å². The minimum absolute atomic E-state index is 0. The predicted octanol–water partition coefficient (Wildman–Crippen LogP) is 9.44. The van der Waals surface area contributed by atoms with Gasteiger partial charge in [-0.1, -0.05) is 126 Å². The van der Waals surface area contributed by atoms with Crippen LogP contribution >= 0.6 is 63.7 Å². The van der Waals surface area contributed by atoms with E-state index in [2.05, 4.69) is 94.1 Å². The van der Waals surface area contributed by atoms with E-state index < -0.39 is 0 Å². The van der Waals surface area contributed by atoms with E-state index in [-0.39, 0.29) is 11.2 Å². The zero-order chi connectivity index (χ0) is 19.4. The molecule has 0 aliphatic carbocycles. The van der Waals surface area contributed by atoms with Gasteiger partial charge in [0.25, 0.3) is 0 Å². The van der Waals surface area contributed by atoms with Gasteiger partial charge in [0.2, 0.25) is 0 Å². The molecule has 4 aromatic rings. The molecule has 1 nitrogen and oxygen atoms in total. The van der Waals surface area contributed by atoms with Crippen molar-refractivity contribution in [3.05, 3.63) is 92.9 Å². The summed E-state index contributed by atoms with van der Waals surface area (Å²) in [5, 5.41) is 4.58. The van der Waals surface area contributed by atoms with Crippen molar-refractivity contribution < 1.29 is 4.79 Å². The highest BCUT2D eigenvalue weighted by Crippen LogP contribution is 2.36. The Morgan fingerprint density at radius 2 is 1.11 bits per heavy atom. The summed E-state index contributed by atoms with van der Waals surface area (Å²) in [6, 6.07) is 24.1. The van der Waals surface area contributed by atoms with Crippen LogP contribution in [0.25, 0.3) is 21.5 Å². The molecule has 4 rings (SSSR count). The van der Waals surface area contributed by atoms with Gasteiger partial charge in [0.15, 0.2) is 6.29 Å². The van der Waals surface area contributed by atoms with E-state index in [1.54, 1.807) is 0 Å². The van der Waals surface area contributed by atoms with Crippen molar-refractivity contribution in [2.75, 3.05) is 0 Å². The Hall–Kier alpha value is -1.01. The number of hydrogen-bond donors (Lipinski definition) is 0. The Kier molecular flexibility index (Phi) is 8.87. The second kappa shape index (κ2) is 10.7. The van der Waals surface area contributed by atoms with Crippen molar-refractivity contribution in [3.8, 4) is 0 Å². The molecule has 0 spiro atoms. The van der Waals surface area contributed by atoms with E-state index in [0.717, 1.165) is 31.6 Å². The molecule has 0 saturated carbocycles. The number of carbonyl (C=O) groups excluding carboxylic acids is 1. The van der Waals surface area contributed by atoms with Crippen molar-refractivity contribution >= 4 is 91.6 Å². The molecule has 0 radical (unpaired) electrons. The normalized spacial score (nSPS) is 10.3. The maximum absolute atomic E-state index is 10.7. The number of benzene rings is 4. The Morgan fingerprint density at radius 3 is 1.64 bits per heavy atom. The maximum atomic E-state index is 10.7. The molecule has 0 aliphatic heterocycles. The molecule has 0 atom stereocenters. The molecule has 5 heteroatoms. The third-order valence-corrected chi connectivity index (χ3v) is 6.54. The summed E-state index contributed by atoms with van der Waals surface area (Å²) in [4.78, 5) is 10.7. The van der Waals surface area contributed by atoms with Gasteiger partial charge in [-0.3, -0.25) is 4.79 Å². The first kappa shape index (κ1) is 23.3. The van der Waals surface area contributed by atoms with Crippen LogP contribution in [0, 0.1) is 0 Å². The lowest BCUT2D eigenvalue weighted by Crippen LogP contribution is -1.84. The Labute approximate surface area is 199 Å². The first-order chi connectivity index (χ1) is 13.0. The molecule has 0 N–H and O–H groups in total. The fourth-order valence-electron chi connectivity index (χ4n) is 2.86. The van der Waals surface area contributed by atoms with Crippen molar-refractivity contribution in [2.24, 2.45) is 0 Å². The number of aldehydes is 1. The zero-order valence-corrected chi connectivity index (χ0v) is 20.3. The lowest BCUT2D eigenvalue weighted by atomic mass is 10.1. The Balaban J connectivity index is 0.000000194. The molecule has 4 aromatic carbocycles. The van der Waals surface area contributed by atoms with Gasteiger partial charge in [-0.25, -0.2) is 0 Å².